The van der Waals surface area contributed by atoms with Crippen molar-refractivity contribution in [3.63, 3.8) is 0 Å². The minimum atomic E-state index is -1.60. The standard InChI is InChI=1S/C20H25N7O7.Ca/c21-20-25-16-15(18(32)26-20)27(9-28)12(8-23-16)7-22-11-3-1-10(2-4-11)17(31)24-13(19(33)34)5-6-14(29)30;/h1-4,9,12-13,15-16,22-23H,5-8H2,(H,24,31)(H,29,30)(H,33,34)(H3,21,25,26,32);/q;+2/p-2/t12?,13-,15?,16?;/m0./s1. The van der Waals surface area contributed by atoms with Crippen LogP contribution in [0.3, 0.4) is 0 Å². The van der Waals surface area contributed by atoms with Crippen molar-refractivity contribution in [3.8, 4) is 0 Å². The number of carboxylic acid groups (broad SMARTS) is 2. The third-order valence-electron chi connectivity index (χ3n) is 5.44. The molecule has 0 aliphatic carbocycles. The summed E-state index contributed by atoms with van der Waals surface area (Å²) in [5, 5.41) is 32.5. The second-order valence-corrected chi connectivity index (χ2v) is 7.72. The average molecular weight is 514 g/mol. The SMILES string of the molecule is NC1=NC2NCC(CNc3ccc(C(=O)N[C@@H](CCC(=O)[O-])C(=O)[O-])cc3)N(C=O)C2C(=O)N1.[Ca+2]. The molecule has 0 aromatic heterocycles. The molecule has 0 saturated carbocycles. The maximum absolute atomic E-state index is 12.3. The third kappa shape index (κ3) is 7.27. The summed E-state index contributed by atoms with van der Waals surface area (Å²) in [7, 11) is 0. The van der Waals surface area contributed by atoms with Crippen LogP contribution in [0, 0.1) is 0 Å². The van der Waals surface area contributed by atoms with Crippen LogP contribution in [0.15, 0.2) is 29.3 Å². The van der Waals surface area contributed by atoms with Gasteiger partial charge in [0.15, 0.2) is 5.96 Å². The molecule has 2 aliphatic heterocycles. The summed E-state index contributed by atoms with van der Waals surface area (Å²) in [4.78, 5) is 63.4. The zero-order valence-corrected chi connectivity index (χ0v) is 20.8. The van der Waals surface area contributed by atoms with Gasteiger partial charge in [0.25, 0.3) is 11.8 Å². The van der Waals surface area contributed by atoms with E-state index in [4.69, 9.17) is 5.73 Å². The first-order valence-corrected chi connectivity index (χ1v) is 10.4. The van der Waals surface area contributed by atoms with Crippen molar-refractivity contribution in [1.29, 1.82) is 0 Å². The van der Waals surface area contributed by atoms with Crippen LogP contribution in [0.2, 0.25) is 0 Å². The second kappa shape index (κ2) is 12.7. The molecule has 1 saturated heterocycles. The van der Waals surface area contributed by atoms with Gasteiger partial charge >= 0.3 is 37.7 Å². The Balaban J connectivity index is 0.00000432. The average Bonchev–Trinajstić information content (AvgIpc) is 2.79. The number of piperazine rings is 1. The van der Waals surface area contributed by atoms with E-state index >= 15 is 0 Å². The minimum Gasteiger partial charge on any atom is -0.550 e. The molecule has 6 N–H and O–H groups in total. The van der Waals surface area contributed by atoms with Crippen LogP contribution in [0.5, 0.6) is 0 Å². The summed E-state index contributed by atoms with van der Waals surface area (Å²) < 4.78 is 0. The number of rotatable bonds is 10. The molecule has 3 rings (SSSR count). The quantitative estimate of drug-likeness (QED) is 0.148. The maximum atomic E-state index is 12.3. The van der Waals surface area contributed by atoms with Gasteiger partial charge in [-0.25, -0.2) is 4.99 Å². The molecule has 182 valence electrons. The van der Waals surface area contributed by atoms with Crippen molar-refractivity contribution in [2.45, 2.75) is 37.1 Å². The van der Waals surface area contributed by atoms with Crippen molar-refractivity contribution in [1.82, 2.24) is 20.9 Å². The number of carboxylic acids is 2. The molecule has 14 nitrogen and oxygen atoms in total. The first kappa shape index (κ1) is 28.3. The van der Waals surface area contributed by atoms with E-state index in [1.165, 1.54) is 17.0 Å². The summed E-state index contributed by atoms with van der Waals surface area (Å²) in [5.74, 6) is -4.21. The van der Waals surface area contributed by atoms with E-state index in [9.17, 15) is 34.2 Å². The van der Waals surface area contributed by atoms with Crippen LogP contribution >= 0.6 is 0 Å². The molecule has 1 aromatic carbocycles. The van der Waals surface area contributed by atoms with E-state index in [-0.39, 0.29) is 68.3 Å². The normalized spacial score (nSPS) is 21.8. The maximum Gasteiger partial charge on any atom is 2.00 e. The largest absolute Gasteiger partial charge is 2.00 e. The fraction of sp³-hybridized carbons (Fsp3) is 0.400. The van der Waals surface area contributed by atoms with Gasteiger partial charge < -0.3 is 41.1 Å². The van der Waals surface area contributed by atoms with Gasteiger partial charge in [0, 0.05) is 30.3 Å². The van der Waals surface area contributed by atoms with E-state index in [1.54, 1.807) is 12.1 Å². The van der Waals surface area contributed by atoms with Crippen LogP contribution in [0.4, 0.5) is 5.69 Å². The number of nitrogens with one attached hydrogen (secondary N) is 4. The van der Waals surface area contributed by atoms with Crippen molar-refractivity contribution in [3.05, 3.63) is 29.8 Å². The summed E-state index contributed by atoms with van der Waals surface area (Å²) in [5.41, 5.74) is 6.32. The number of amides is 3. The molecule has 4 atom stereocenters. The molecule has 0 spiro atoms. The van der Waals surface area contributed by atoms with Crippen LogP contribution in [-0.4, -0.2) is 116 Å². The van der Waals surface area contributed by atoms with Gasteiger partial charge in [0.05, 0.1) is 18.1 Å². The van der Waals surface area contributed by atoms with Crippen LogP contribution in [0.25, 0.3) is 0 Å². The number of aliphatic imine (C=N–C) groups is 1. The number of carbonyl (C=O) groups is 5. The van der Waals surface area contributed by atoms with Crippen molar-refractivity contribution >= 4 is 79.5 Å². The Kier molecular flexibility index (Phi) is 10.2. The Morgan fingerprint density at radius 3 is 2.54 bits per heavy atom. The molecular formula is C20H23CaN7O7. The third-order valence-corrected chi connectivity index (χ3v) is 5.44. The van der Waals surface area contributed by atoms with Gasteiger partial charge in [0.1, 0.15) is 12.2 Å². The fourth-order valence-electron chi connectivity index (χ4n) is 3.70. The van der Waals surface area contributed by atoms with Crippen LogP contribution < -0.4 is 37.2 Å². The van der Waals surface area contributed by atoms with E-state index < -0.39 is 48.4 Å². The number of carbonyl (C=O) groups excluding carboxylic acids is 5. The number of hydrogen-bond acceptors (Lipinski definition) is 11. The summed E-state index contributed by atoms with van der Waals surface area (Å²) in [6.45, 7) is 0.636. The van der Waals surface area contributed by atoms with Gasteiger partial charge in [-0.15, -0.1) is 0 Å². The zero-order chi connectivity index (χ0) is 24.8. The van der Waals surface area contributed by atoms with E-state index in [0.717, 1.165) is 0 Å². The number of benzene rings is 1. The Hall–Kier alpha value is -2.94. The molecule has 1 fully saturated rings. The fourth-order valence-corrected chi connectivity index (χ4v) is 3.70. The molecule has 2 aliphatic rings. The molecule has 0 bridgehead atoms. The molecule has 1 aromatic rings. The summed E-state index contributed by atoms with van der Waals surface area (Å²) in [6.07, 6.45) is -0.956. The Bertz CT molecular complexity index is 1000. The smallest absolute Gasteiger partial charge is 0.550 e. The summed E-state index contributed by atoms with van der Waals surface area (Å²) in [6, 6.07) is 3.35. The number of anilines is 1. The van der Waals surface area contributed by atoms with Gasteiger partial charge in [-0.05, 0) is 37.1 Å². The molecule has 0 radical (unpaired) electrons. The molecule has 35 heavy (non-hydrogen) atoms. The monoisotopic (exact) mass is 513 g/mol. The minimum absolute atomic E-state index is 0. The number of hydrogen-bond donors (Lipinski definition) is 5. The molecule has 3 amide bonds. The molecule has 3 unspecified atom stereocenters. The molecule has 15 heteroatoms. The number of guanidine groups is 1. The zero-order valence-electron chi connectivity index (χ0n) is 18.6. The van der Waals surface area contributed by atoms with E-state index in [0.29, 0.717) is 18.6 Å². The van der Waals surface area contributed by atoms with Crippen LogP contribution in [0.1, 0.15) is 23.2 Å². The molecular weight excluding hydrogens is 490 g/mol. The van der Waals surface area contributed by atoms with E-state index in [1.807, 2.05) is 0 Å². The number of fused-ring (bicyclic) bond motifs is 1. The Morgan fingerprint density at radius 2 is 1.94 bits per heavy atom. The van der Waals surface area contributed by atoms with Crippen molar-refractivity contribution in [2.75, 3.05) is 18.4 Å². The molecule has 2 heterocycles. The van der Waals surface area contributed by atoms with Crippen molar-refractivity contribution < 1.29 is 34.2 Å². The van der Waals surface area contributed by atoms with Gasteiger partial charge in [0.2, 0.25) is 6.41 Å². The topological polar surface area (TPSA) is 221 Å². The van der Waals surface area contributed by atoms with Gasteiger partial charge in [-0.1, -0.05) is 0 Å². The Labute approximate surface area is 229 Å². The van der Waals surface area contributed by atoms with E-state index in [2.05, 4.69) is 26.3 Å². The number of aliphatic carboxylic acids is 2. The summed E-state index contributed by atoms with van der Waals surface area (Å²) >= 11 is 0. The van der Waals surface area contributed by atoms with Crippen LogP contribution in [-0.2, 0) is 19.2 Å². The predicted octanol–water partition coefficient (Wildman–Crippen LogP) is -5.33. The second-order valence-electron chi connectivity index (χ2n) is 7.72. The number of nitrogens with two attached hydrogens (primary N) is 1. The first-order chi connectivity index (χ1) is 16.2. The number of nitrogens with zero attached hydrogens (tertiary/aromatic N) is 2. The van der Waals surface area contributed by atoms with Gasteiger partial charge in [-0.2, -0.15) is 0 Å². The first-order valence-electron chi connectivity index (χ1n) is 10.4. The van der Waals surface area contributed by atoms with Crippen molar-refractivity contribution in [2.24, 2.45) is 10.7 Å². The predicted molar refractivity (Wildman–Crippen MR) is 118 cm³/mol. The van der Waals surface area contributed by atoms with Gasteiger partial charge in [-0.3, -0.25) is 25.0 Å². The Morgan fingerprint density at radius 1 is 1.26 bits per heavy atom.